The van der Waals surface area contributed by atoms with Crippen LogP contribution in [0.15, 0.2) is 0 Å². The van der Waals surface area contributed by atoms with E-state index in [1.54, 1.807) is 6.92 Å². The van der Waals surface area contributed by atoms with Gasteiger partial charge in [-0.25, -0.2) is 0 Å². The third-order valence-corrected chi connectivity index (χ3v) is 4.03. The smallest absolute Gasteiger partial charge is 0.217 e. The first-order valence-corrected chi connectivity index (χ1v) is 6.62. The summed E-state index contributed by atoms with van der Waals surface area (Å²) >= 11 is 0. The van der Waals surface area contributed by atoms with Crippen LogP contribution in [0.4, 0.5) is 0 Å². The summed E-state index contributed by atoms with van der Waals surface area (Å²) in [7, 11) is 0. The Labute approximate surface area is 98.6 Å². The number of rotatable bonds is 2. The second-order valence-electron chi connectivity index (χ2n) is 5.65. The monoisotopic (exact) mass is 224 g/mol. The van der Waals surface area contributed by atoms with Gasteiger partial charge in [0.1, 0.15) is 0 Å². The molecule has 2 aliphatic rings. The summed E-state index contributed by atoms with van der Waals surface area (Å²) in [6.45, 7) is 6.22. The van der Waals surface area contributed by atoms with Gasteiger partial charge in [0, 0.05) is 31.1 Å². The van der Waals surface area contributed by atoms with Crippen molar-refractivity contribution < 1.29 is 4.79 Å². The van der Waals surface area contributed by atoms with E-state index in [4.69, 9.17) is 0 Å². The Balaban J connectivity index is 2.02. The number of fused-ring (bicyclic) bond motifs is 2. The third kappa shape index (κ3) is 2.40. The van der Waals surface area contributed by atoms with Crippen LogP contribution in [0.2, 0.25) is 0 Å². The van der Waals surface area contributed by atoms with E-state index in [0.29, 0.717) is 24.2 Å². The molecule has 16 heavy (non-hydrogen) atoms. The molecule has 1 N–H and O–H groups in total. The van der Waals surface area contributed by atoms with Crippen molar-refractivity contribution >= 4 is 5.91 Å². The zero-order valence-electron chi connectivity index (χ0n) is 10.7. The van der Waals surface area contributed by atoms with Crippen molar-refractivity contribution in [1.29, 1.82) is 0 Å². The zero-order chi connectivity index (χ0) is 11.7. The number of carbonyl (C=O) groups excluding carboxylic acids is 1. The van der Waals surface area contributed by atoms with E-state index < -0.39 is 0 Å². The molecule has 0 saturated carbocycles. The second kappa shape index (κ2) is 4.74. The fourth-order valence-electron chi connectivity index (χ4n) is 3.67. The van der Waals surface area contributed by atoms with Gasteiger partial charge in [-0.3, -0.25) is 9.69 Å². The van der Waals surface area contributed by atoms with Gasteiger partial charge in [0.25, 0.3) is 0 Å². The summed E-state index contributed by atoms with van der Waals surface area (Å²) in [6.07, 6.45) is 6.28. The van der Waals surface area contributed by atoms with Gasteiger partial charge in [-0.05, 0) is 39.5 Å². The van der Waals surface area contributed by atoms with E-state index in [9.17, 15) is 4.79 Å². The molecule has 2 heterocycles. The van der Waals surface area contributed by atoms with Crippen LogP contribution in [0.1, 0.15) is 52.9 Å². The molecule has 0 radical (unpaired) electrons. The first kappa shape index (κ1) is 11.9. The number of amides is 1. The number of nitrogens with zero attached hydrogens (tertiary/aromatic N) is 1. The molecule has 0 spiro atoms. The third-order valence-electron chi connectivity index (χ3n) is 4.03. The van der Waals surface area contributed by atoms with Gasteiger partial charge in [-0.1, -0.05) is 6.42 Å². The van der Waals surface area contributed by atoms with Crippen LogP contribution >= 0.6 is 0 Å². The standard InChI is InChI=1S/C13H24N2O/c1-9(2)15-12-5-4-6-13(15)8-11(7-12)14-10(3)16/h9,11-13H,4-8H2,1-3H3,(H,14,16)/t11?,12-,13+. The summed E-state index contributed by atoms with van der Waals surface area (Å²) in [5, 5.41) is 3.10. The number of piperidine rings is 2. The number of hydrogen-bond acceptors (Lipinski definition) is 2. The molecule has 0 aromatic rings. The number of nitrogens with one attached hydrogen (secondary N) is 1. The number of carbonyl (C=O) groups is 1. The van der Waals surface area contributed by atoms with Crippen LogP contribution in [-0.2, 0) is 4.79 Å². The van der Waals surface area contributed by atoms with Crippen molar-refractivity contribution in [1.82, 2.24) is 10.2 Å². The molecule has 2 aliphatic heterocycles. The van der Waals surface area contributed by atoms with Gasteiger partial charge in [0.2, 0.25) is 5.91 Å². The first-order chi connectivity index (χ1) is 7.58. The molecule has 3 nitrogen and oxygen atoms in total. The maximum atomic E-state index is 11.1. The summed E-state index contributed by atoms with van der Waals surface area (Å²) < 4.78 is 0. The fourth-order valence-corrected chi connectivity index (χ4v) is 3.67. The molecule has 3 atom stereocenters. The Bertz CT molecular complexity index is 251. The SMILES string of the molecule is CC(=O)NC1C[C@H]2CCC[C@@H](C1)N2C(C)C. The van der Waals surface area contributed by atoms with Crippen LogP contribution in [0.5, 0.6) is 0 Å². The lowest BCUT2D eigenvalue weighted by molar-refractivity contribution is -0.120. The van der Waals surface area contributed by atoms with Gasteiger partial charge >= 0.3 is 0 Å². The Hall–Kier alpha value is -0.570. The predicted octanol–water partition coefficient (Wildman–Crippen LogP) is 1.92. The highest BCUT2D eigenvalue weighted by Crippen LogP contribution is 2.35. The Morgan fingerprint density at radius 3 is 2.25 bits per heavy atom. The van der Waals surface area contributed by atoms with Crippen molar-refractivity contribution in [3.63, 3.8) is 0 Å². The molecular formula is C13H24N2O. The average molecular weight is 224 g/mol. The highest BCUT2D eigenvalue weighted by molar-refractivity contribution is 5.73. The van der Waals surface area contributed by atoms with E-state index in [-0.39, 0.29) is 5.91 Å². The molecule has 3 heteroatoms. The molecule has 2 saturated heterocycles. The van der Waals surface area contributed by atoms with Crippen LogP contribution in [0.25, 0.3) is 0 Å². The van der Waals surface area contributed by atoms with E-state index in [2.05, 4.69) is 24.1 Å². The second-order valence-corrected chi connectivity index (χ2v) is 5.65. The quantitative estimate of drug-likeness (QED) is 0.777. The van der Waals surface area contributed by atoms with Crippen LogP contribution < -0.4 is 5.32 Å². The molecule has 2 fully saturated rings. The van der Waals surface area contributed by atoms with Crippen LogP contribution in [-0.4, -0.2) is 35.0 Å². The van der Waals surface area contributed by atoms with Crippen molar-refractivity contribution in [3.05, 3.63) is 0 Å². The van der Waals surface area contributed by atoms with Gasteiger partial charge in [0.05, 0.1) is 0 Å². The molecule has 1 amide bonds. The molecule has 2 rings (SSSR count). The lowest BCUT2D eigenvalue weighted by Crippen LogP contribution is -2.58. The van der Waals surface area contributed by atoms with E-state index >= 15 is 0 Å². The fraction of sp³-hybridized carbons (Fsp3) is 0.923. The maximum Gasteiger partial charge on any atom is 0.217 e. The summed E-state index contributed by atoms with van der Waals surface area (Å²) in [6, 6.07) is 2.46. The highest BCUT2D eigenvalue weighted by atomic mass is 16.1. The van der Waals surface area contributed by atoms with Crippen molar-refractivity contribution in [2.45, 2.75) is 77.0 Å². The van der Waals surface area contributed by atoms with Crippen molar-refractivity contribution in [2.24, 2.45) is 0 Å². The van der Waals surface area contributed by atoms with Crippen LogP contribution in [0.3, 0.4) is 0 Å². The minimum absolute atomic E-state index is 0.126. The molecule has 92 valence electrons. The Kier molecular flexibility index (Phi) is 3.53. The highest BCUT2D eigenvalue weighted by Gasteiger charge is 2.39. The van der Waals surface area contributed by atoms with Gasteiger partial charge in [0.15, 0.2) is 0 Å². The van der Waals surface area contributed by atoms with Gasteiger partial charge in [-0.2, -0.15) is 0 Å². The lowest BCUT2D eigenvalue weighted by Gasteiger charge is -2.51. The molecule has 0 aliphatic carbocycles. The number of hydrogen-bond donors (Lipinski definition) is 1. The first-order valence-electron chi connectivity index (χ1n) is 6.62. The largest absolute Gasteiger partial charge is 0.353 e. The minimum Gasteiger partial charge on any atom is -0.353 e. The topological polar surface area (TPSA) is 32.3 Å². The normalized spacial score (nSPS) is 35.1. The molecule has 0 aromatic carbocycles. The van der Waals surface area contributed by atoms with Crippen molar-refractivity contribution in [3.8, 4) is 0 Å². The van der Waals surface area contributed by atoms with Gasteiger partial charge < -0.3 is 5.32 Å². The van der Waals surface area contributed by atoms with E-state index in [0.717, 1.165) is 12.8 Å². The molecule has 2 bridgehead atoms. The summed E-state index contributed by atoms with van der Waals surface area (Å²) in [4.78, 5) is 13.8. The predicted molar refractivity (Wildman–Crippen MR) is 65.2 cm³/mol. The zero-order valence-corrected chi connectivity index (χ0v) is 10.7. The van der Waals surface area contributed by atoms with Gasteiger partial charge in [-0.15, -0.1) is 0 Å². The molecule has 0 aromatic heterocycles. The van der Waals surface area contributed by atoms with Crippen LogP contribution in [0, 0.1) is 0 Å². The molecule has 1 unspecified atom stereocenters. The average Bonchev–Trinajstić information content (AvgIpc) is 2.14. The summed E-state index contributed by atoms with van der Waals surface area (Å²) in [5.41, 5.74) is 0. The lowest BCUT2D eigenvalue weighted by atomic mass is 9.81. The maximum absolute atomic E-state index is 11.1. The Morgan fingerprint density at radius 2 is 1.81 bits per heavy atom. The van der Waals surface area contributed by atoms with E-state index in [1.807, 2.05) is 0 Å². The Morgan fingerprint density at radius 1 is 1.25 bits per heavy atom. The minimum atomic E-state index is 0.126. The van der Waals surface area contributed by atoms with E-state index in [1.165, 1.54) is 19.3 Å². The summed E-state index contributed by atoms with van der Waals surface area (Å²) in [5.74, 6) is 0.126. The molecular weight excluding hydrogens is 200 g/mol. The van der Waals surface area contributed by atoms with Crippen molar-refractivity contribution in [2.75, 3.05) is 0 Å².